The molecule has 0 saturated carbocycles. The minimum atomic E-state index is -4.26. The fourth-order valence-electron chi connectivity index (χ4n) is 3.11. The average molecular weight is 494 g/mol. The number of rotatable bonds is 9. The molecule has 11 heteroatoms. The van der Waals surface area contributed by atoms with E-state index in [1.165, 1.54) is 32.4 Å². The number of sulfonamides is 1. The number of hydrogen-bond donors (Lipinski definition) is 1. The molecule has 0 fully saturated rings. The lowest BCUT2D eigenvalue weighted by atomic mass is 10.2. The van der Waals surface area contributed by atoms with E-state index in [1.54, 1.807) is 30.3 Å². The molecule has 0 radical (unpaired) electrons. The second-order valence-corrected chi connectivity index (χ2v) is 8.98. The zero-order chi connectivity index (χ0) is 24.9. The van der Waals surface area contributed by atoms with Gasteiger partial charge < -0.3 is 14.8 Å². The summed E-state index contributed by atoms with van der Waals surface area (Å²) in [6.45, 7) is -0.921. The first-order chi connectivity index (χ1) is 16.2. The van der Waals surface area contributed by atoms with Crippen LogP contribution in [-0.4, -0.2) is 39.4 Å². The van der Waals surface area contributed by atoms with Crippen molar-refractivity contribution in [1.29, 1.82) is 0 Å². The molecule has 0 aliphatic rings. The smallest absolute Gasteiger partial charge is 0.243 e. The third-order valence-corrected chi connectivity index (χ3v) is 6.61. The monoisotopic (exact) mass is 494 g/mol. The molecule has 1 amide bonds. The number of anilines is 1. The molecule has 0 unspecified atom stereocenters. The fourth-order valence-corrected chi connectivity index (χ4v) is 4.51. The molecule has 7 nitrogen and oxygen atoms in total. The minimum Gasteiger partial charge on any atom is -0.493 e. The van der Waals surface area contributed by atoms with Gasteiger partial charge in [-0.15, -0.1) is 0 Å². The quantitative estimate of drug-likeness (QED) is 0.456. The second kappa shape index (κ2) is 10.6. The SMILES string of the molecule is COc1ccc(S(=O)(=O)N(CC(=O)Nc2ccc(F)c(F)c2F)Cc2ccccc2)cc1OC. The van der Waals surface area contributed by atoms with E-state index in [4.69, 9.17) is 9.47 Å². The van der Waals surface area contributed by atoms with E-state index >= 15 is 0 Å². The number of carbonyl (C=O) groups excluding carboxylic acids is 1. The van der Waals surface area contributed by atoms with Crippen molar-refractivity contribution in [2.45, 2.75) is 11.4 Å². The molecule has 3 aromatic carbocycles. The largest absolute Gasteiger partial charge is 0.493 e. The first-order valence-corrected chi connectivity index (χ1v) is 11.3. The highest BCUT2D eigenvalue weighted by Crippen LogP contribution is 2.31. The number of hydrogen-bond acceptors (Lipinski definition) is 5. The summed E-state index contributed by atoms with van der Waals surface area (Å²) in [5, 5.41) is 2.09. The number of benzene rings is 3. The highest BCUT2D eigenvalue weighted by atomic mass is 32.2. The summed E-state index contributed by atoms with van der Waals surface area (Å²) >= 11 is 0. The number of nitrogens with zero attached hydrogens (tertiary/aromatic N) is 1. The second-order valence-electron chi connectivity index (χ2n) is 7.05. The molecule has 0 saturated heterocycles. The van der Waals surface area contributed by atoms with Crippen LogP contribution in [0.3, 0.4) is 0 Å². The molecule has 0 bridgehead atoms. The number of nitrogens with one attached hydrogen (secondary N) is 1. The van der Waals surface area contributed by atoms with Crippen LogP contribution in [0.5, 0.6) is 11.5 Å². The Balaban J connectivity index is 1.94. The molecule has 0 aromatic heterocycles. The third kappa shape index (κ3) is 5.49. The van der Waals surface area contributed by atoms with Crippen molar-refractivity contribution in [3.63, 3.8) is 0 Å². The topological polar surface area (TPSA) is 84.9 Å². The van der Waals surface area contributed by atoms with E-state index in [2.05, 4.69) is 5.32 Å². The van der Waals surface area contributed by atoms with Crippen LogP contribution < -0.4 is 14.8 Å². The van der Waals surface area contributed by atoms with Crippen molar-refractivity contribution in [3.8, 4) is 11.5 Å². The molecular formula is C23H21F3N2O5S. The normalized spacial score (nSPS) is 11.4. The third-order valence-electron chi connectivity index (χ3n) is 4.82. The van der Waals surface area contributed by atoms with Crippen molar-refractivity contribution >= 4 is 21.6 Å². The average Bonchev–Trinajstić information content (AvgIpc) is 2.84. The highest BCUT2D eigenvalue weighted by molar-refractivity contribution is 7.89. The van der Waals surface area contributed by atoms with E-state index in [-0.39, 0.29) is 17.2 Å². The summed E-state index contributed by atoms with van der Waals surface area (Å²) in [4.78, 5) is 12.4. The minimum absolute atomic E-state index is 0.163. The van der Waals surface area contributed by atoms with Gasteiger partial charge >= 0.3 is 0 Å². The lowest BCUT2D eigenvalue weighted by Gasteiger charge is -2.22. The van der Waals surface area contributed by atoms with Crippen molar-refractivity contribution < 1.29 is 35.9 Å². The first-order valence-electron chi connectivity index (χ1n) is 9.86. The van der Waals surface area contributed by atoms with Gasteiger partial charge in [-0.3, -0.25) is 4.79 Å². The molecule has 3 rings (SSSR count). The van der Waals surface area contributed by atoms with Gasteiger partial charge in [0.15, 0.2) is 29.0 Å². The van der Waals surface area contributed by atoms with Gasteiger partial charge in [-0.2, -0.15) is 4.31 Å². The molecular weight excluding hydrogens is 473 g/mol. The van der Waals surface area contributed by atoms with Crippen LogP contribution >= 0.6 is 0 Å². The Kier molecular flexibility index (Phi) is 7.79. The molecule has 0 spiro atoms. The molecule has 34 heavy (non-hydrogen) atoms. The first kappa shape index (κ1) is 25.1. The number of halogens is 3. The van der Waals surface area contributed by atoms with Gasteiger partial charge in [0.25, 0.3) is 0 Å². The van der Waals surface area contributed by atoms with E-state index in [0.717, 1.165) is 10.4 Å². The summed E-state index contributed by atoms with van der Waals surface area (Å²) in [6.07, 6.45) is 0. The summed E-state index contributed by atoms with van der Waals surface area (Å²) < 4.78 is 78.7. The van der Waals surface area contributed by atoms with E-state index in [0.29, 0.717) is 17.4 Å². The van der Waals surface area contributed by atoms with Crippen molar-refractivity contribution in [3.05, 3.63) is 83.7 Å². The maximum atomic E-state index is 14.0. The maximum Gasteiger partial charge on any atom is 0.243 e. The summed E-state index contributed by atoms with van der Waals surface area (Å²) in [5.41, 5.74) is -0.0366. The van der Waals surface area contributed by atoms with Gasteiger partial charge in [-0.25, -0.2) is 21.6 Å². The van der Waals surface area contributed by atoms with Crippen LogP contribution in [0, 0.1) is 17.5 Å². The summed E-state index contributed by atoms with van der Waals surface area (Å²) in [5.74, 6) is -5.25. The van der Waals surface area contributed by atoms with Crippen LogP contribution in [0.2, 0.25) is 0 Å². The zero-order valence-electron chi connectivity index (χ0n) is 18.2. The highest BCUT2D eigenvalue weighted by Gasteiger charge is 2.28. The van der Waals surface area contributed by atoms with Crippen LogP contribution in [0.15, 0.2) is 65.6 Å². The van der Waals surface area contributed by atoms with Crippen molar-refractivity contribution in [2.75, 3.05) is 26.1 Å². The van der Waals surface area contributed by atoms with Crippen LogP contribution in [0.25, 0.3) is 0 Å². The van der Waals surface area contributed by atoms with Gasteiger partial charge in [0, 0.05) is 12.6 Å². The number of methoxy groups -OCH3 is 2. The van der Waals surface area contributed by atoms with E-state index in [1.807, 2.05) is 0 Å². The fraction of sp³-hybridized carbons (Fsp3) is 0.174. The number of carbonyl (C=O) groups is 1. The maximum absolute atomic E-state index is 14.0. The summed E-state index contributed by atoms with van der Waals surface area (Å²) in [7, 11) is -1.51. The molecule has 0 aliphatic carbocycles. The Morgan fingerprint density at radius 2 is 1.59 bits per heavy atom. The standard InChI is InChI=1S/C23H21F3N2O5S/c1-32-19-11-8-16(12-20(19)33-2)34(30,31)28(13-15-6-4-3-5-7-15)14-21(29)27-18-10-9-17(24)22(25)23(18)26/h3-12H,13-14H2,1-2H3,(H,27,29). The summed E-state index contributed by atoms with van der Waals surface area (Å²) in [6, 6.07) is 13.9. The van der Waals surface area contributed by atoms with Crippen molar-refractivity contribution in [1.82, 2.24) is 4.31 Å². The van der Waals surface area contributed by atoms with E-state index in [9.17, 15) is 26.4 Å². The van der Waals surface area contributed by atoms with Gasteiger partial charge in [-0.1, -0.05) is 30.3 Å². The molecule has 0 atom stereocenters. The molecule has 180 valence electrons. The van der Waals surface area contributed by atoms with E-state index < -0.39 is 45.6 Å². The lowest BCUT2D eigenvalue weighted by Crippen LogP contribution is -2.37. The van der Waals surface area contributed by atoms with Gasteiger partial charge in [0.1, 0.15) is 0 Å². The molecule has 1 N–H and O–H groups in total. The van der Waals surface area contributed by atoms with Gasteiger partial charge in [0.05, 0.1) is 31.3 Å². The predicted octanol–water partition coefficient (Wildman–Crippen LogP) is 3.95. The lowest BCUT2D eigenvalue weighted by molar-refractivity contribution is -0.116. The Morgan fingerprint density at radius 1 is 0.912 bits per heavy atom. The Labute approximate surface area is 194 Å². The van der Waals surface area contributed by atoms with Gasteiger partial charge in [0.2, 0.25) is 15.9 Å². The predicted molar refractivity (Wildman–Crippen MR) is 119 cm³/mol. The van der Waals surface area contributed by atoms with Crippen LogP contribution in [0.1, 0.15) is 5.56 Å². The Morgan fingerprint density at radius 3 is 2.24 bits per heavy atom. The number of amides is 1. The number of ether oxygens (including phenoxy) is 2. The zero-order valence-corrected chi connectivity index (χ0v) is 19.0. The van der Waals surface area contributed by atoms with Crippen molar-refractivity contribution in [2.24, 2.45) is 0 Å². The molecule has 0 aliphatic heterocycles. The Hall–Kier alpha value is -3.57. The van der Waals surface area contributed by atoms with Crippen LogP contribution in [0.4, 0.5) is 18.9 Å². The molecule has 0 heterocycles. The Bertz CT molecular complexity index is 1290. The molecule has 3 aromatic rings. The van der Waals surface area contributed by atoms with Crippen LogP contribution in [-0.2, 0) is 21.4 Å². The van der Waals surface area contributed by atoms with Gasteiger partial charge in [-0.05, 0) is 29.8 Å².